The molecule has 0 spiro atoms. The minimum absolute atomic E-state index is 0.0164. The predicted molar refractivity (Wildman–Crippen MR) is 85.1 cm³/mol. The van der Waals surface area contributed by atoms with Crippen molar-refractivity contribution in [2.75, 3.05) is 14.2 Å². The highest BCUT2D eigenvalue weighted by Gasteiger charge is 2.12. The quantitative estimate of drug-likeness (QED) is 0.620. The van der Waals surface area contributed by atoms with E-state index in [1.165, 1.54) is 38.5 Å². The Morgan fingerprint density at radius 3 is 2.35 bits per heavy atom. The van der Waals surface area contributed by atoms with E-state index in [0.29, 0.717) is 27.6 Å². The maximum Gasteiger partial charge on any atom is 0.337 e. The zero-order valence-electron chi connectivity index (χ0n) is 12.7. The maximum atomic E-state index is 12.0. The molecule has 0 unspecified atom stereocenters. The van der Waals surface area contributed by atoms with Gasteiger partial charge in [-0.15, -0.1) is 0 Å². The lowest BCUT2D eigenvalue weighted by molar-refractivity contribution is -0.133. The lowest BCUT2D eigenvalue weighted by Crippen LogP contribution is -2.12. The average molecular weight is 335 g/mol. The molecular formula is C17H15ClO5. The maximum absolute atomic E-state index is 12.0. The van der Waals surface area contributed by atoms with Crippen LogP contribution in [0.4, 0.5) is 0 Å². The fourth-order valence-electron chi connectivity index (χ4n) is 1.99. The van der Waals surface area contributed by atoms with Crippen LogP contribution in [0.2, 0.25) is 5.02 Å². The number of esters is 2. The van der Waals surface area contributed by atoms with Gasteiger partial charge >= 0.3 is 11.9 Å². The van der Waals surface area contributed by atoms with Gasteiger partial charge in [0.2, 0.25) is 0 Å². The summed E-state index contributed by atoms with van der Waals surface area (Å²) in [6, 6.07) is 11.1. The van der Waals surface area contributed by atoms with Crippen LogP contribution in [-0.4, -0.2) is 26.2 Å². The molecule has 2 rings (SSSR count). The summed E-state index contributed by atoms with van der Waals surface area (Å²) in [6.07, 6.45) is 0.0164. The molecule has 0 radical (unpaired) electrons. The minimum Gasteiger partial charge on any atom is -0.496 e. The van der Waals surface area contributed by atoms with Gasteiger partial charge in [0.25, 0.3) is 0 Å². The number of halogens is 1. The van der Waals surface area contributed by atoms with Crippen LogP contribution < -0.4 is 9.47 Å². The van der Waals surface area contributed by atoms with E-state index in [1.54, 1.807) is 18.2 Å². The first-order chi connectivity index (χ1) is 11.0. The lowest BCUT2D eigenvalue weighted by Gasteiger charge is -2.09. The van der Waals surface area contributed by atoms with Gasteiger partial charge in [0.15, 0.2) is 0 Å². The third-order valence-corrected chi connectivity index (χ3v) is 3.32. The van der Waals surface area contributed by atoms with Crippen molar-refractivity contribution in [1.82, 2.24) is 0 Å². The van der Waals surface area contributed by atoms with E-state index in [9.17, 15) is 9.59 Å². The standard InChI is InChI=1S/C17H15ClO5/c1-21-15-8-5-13(18)9-12(15)10-16(19)23-14-6-3-11(4-7-14)17(20)22-2/h3-9H,10H2,1-2H3. The van der Waals surface area contributed by atoms with Gasteiger partial charge in [0.1, 0.15) is 11.5 Å². The second-order valence-electron chi connectivity index (χ2n) is 4.62. The number of benzene rings is 2. The van der Waals surface area contributed by atoms with Crippen molar-refractivity contribution >= 4 is 23.5 Å². The van der Waals surface area contributed by atoms with Gasteiger partial charge in [-0.05, 0) is 42.5 Å². The summed E-state index contributed by atoms with van der Waals surface area (Å²) >= 11 is 5.93. The first kappa shape index (κ1) is 16.8. The summed E-state index contributed by atoms with van der Waals surface area (Å²) in [5.41, 5.74) is 1.01. The number of rotatable bonds is 5. The van der Waals surface area contributed by atoms with Gasteiger partial charge in [-0.1, -0.05) is 11.6 Å². The summed E-state index contributed by atoms with van der Waals surface area (Å²) in [5.74, 6) is -0.0148. The van der Waals surface area contributed by atoms with Crippen LogP contribution in [0.25, 0.3) is 0 Å². The highest BCUT2D eigenvalue weighted by molar-refractivity contribution is 6.30. The number of ether oxygens (including phenoxy) is 3. The van der Waals surface area contributed by atoms with E-state index in [1.807, 2.05) is 0 Å². The van der Waals surface area contributed by atoms with Gasteiger partial charge in [-0.25, -0.2) is 4.79 Å². The SMILES string of the molecule is COC(=O)c1ccc(OC(=O)Cc2cc(Cl)ccc2OC)cc1. The van der Waals surface area contributed by atoms with E-state index in [-0.39, 0.29) is 6.42 Å². The Morgan fingerprint density at radius 1 is 1.04 bits per heavy atom. The molecule has 0 atom stereocenters. The summed E-state index contributed by atoms with van der Waals surface area (Å²) in [5, 5.41) is 0.510. The Morgan fingerprint density at radius 2 is 1.74 bits per heavy atom. The summed E-state index contributed by atoms with van der Waals surface area (Å²) in [4.78, 5) is 23.4. The van der Waals surface area contributed by atoms with Crippen molar-refractivity contribution in [2.24, 2.45) is 0 Å². The second kappa shape index (κ2) is 7.65. The van der Waals surface area contributed by atoms with E-state index in [4.69, 9.17) is 21.1 Å². The van der Waals surface area contributed by atoms with Crippen LogP contribution in [-0.2, 0) is 16.0 Å². The molecule has 0 saturated heterocycles. The van der Waals surface area contributed by atoms with Crippen LogP contribution in [0.1, 0.15) is 15.9 Å². The molecule has 0 N–H and O–H groups in total. The van der Waals surface area contributed by atoms with Crippen LogP contribution >= 0.6 is 11.6 Å². The van der Waals surface area contributed by atoms with Crippen molar-refractivity contribution < 1.29 is 23.8 Å². The third-order valence-electron chi connectivity index (χ3n) is 3.08. The number of hydrogen-bond donors (Lipinski definition) is 0. The smallest absolute Gasteiger partial charge is 0.337 e. The molecule has 2 aromatic rings. The molecule has 0 bridgehead atoms. The molecule has 0 amide bonds. The number of carbonyl (C=O) groups is 2. The Hall–Kier alpha value is -2.53. The molecule has 120 valence electrons. The van der Waals surface area contributed by atoms with Crippen LogP contribution in [0, 0.1) is 0 Å². The average Bonchev–Trinajstić information content (AvgIpc) is 2.55. The molecule has 5 nitrogen and oxygen atoms in total. The number of hydrogen-bond acceptors (Lipinski definition) is 5. The summed E-state index contributed by atoms with van der Waals surface area (Å²) in [7, 11) is 2.82. The Kier molecular flexibility index (Phi) is 5.60. The van der Waals surface area contributed by atoms with E-state index in [0.717, 1.165) is 0 Å². The van der Waals surface area contributed by atoms with Crippen molar-refractivity contribution in [3.8, 4) is 11.5 Å². The minimum atomic E-state index is -0.462. The Labute approximate surface area is 138 Å². The summed E-state index contributed by atoms with van der Waals surface area (Å²) < 4.78 is 15.0. The molecule has 0 aliphatic heterocycles. The molecule has 0 aliphatic carbocycles. The molecule has 0 aliphatic rings. The van der Waals surface area contributed by atoms with Gasteiger partial charge in [0.05, 0.1) is 26.2 Å². The summed E-state index contributed by atoms with van der Waals surface area (Å²) in [6.45, 7) is 0. The molecule has 0 saturated carbocycles. The highest BCUT2D eigenvalue weighted by atomic mass is 35.5. The molecule has 2 aromatic carbocycles. The third kappa shape index (κ3) is 4.47. The second-order valence-corrected chi connectivity index (χ2v) is 5.06. The first-order valence-electron chi connectivity index (χ1n) is 6.75. The lowest BCUT2D eigenvalue weighted by atomic mass is 10.1. The Bertz CT molecular complexity index is 709. The molecule has 23 heavy (non-hydrogen) atoms. The van der Waals surface area contributed by atoms with Crippen LogP contribution in [0.5, 0.6) is 11.5 Å². The van der Waals surface area contributed by atoms with Crippen molar-refractivity contribution in [3.63, 3.8) is 0 Å². The monoisotopic (exact) mass is 334 g/mol. The topological polar surface area (TPSA) is 61.8 Å². The zero-order valence-corrected chi connectivity index (χ0v) is 13.4. The fourth-order valence-corrected chi connectivity index (χ4v) is 2.18. The molecule has 0 fully saturated rings. The fraction of sp³-hybridized carbons (Fsp3) is 0.176. The normalized spacial score (nSPS) is 10.0. The van der Waals surface area contributed by atoms with Crippen LogP contribution in [0.3, 0.4) is 0 Å². The van der Waals surface area contributed by atoms with Crippen molar-refractivity contribution in [2.45, 2.75) is 6.42 Å². The van der Waals surface area contributed by atoms with Gasteiger partial charge < -0.3 is 14.2 Å². The van der Waals surface area contributed by atoms with Crippen molar-refractivity contribution in [3.05, 3.63) is 58.6 Å². The van der Waals surface area contributed by atoms with Crippen LogP contribution in [0.15, 0.2) is 42.5 Å². The largest absolute Gasteiger partial charge is 0.496 e. The molecular weight excluding hydrogens is 320 g/mol. The zero-order chi connectivity index (χ0) is 16.8. The molecule has 0 heterocycles. The molecule has 6 heteroatoms. The molecule has 0 aromatic heterocycles. The highest BCUT2D eigenvalue weighted by Crippen LogP contribution is 2.23. The van der Waals surface area contributed by atoms with E-state index in [2.05, 4.69) is 4.74 Å². The van der Waals surface area contributed by atoms with E-state index >= 15 is 0 Å². The predicted octanol–water partition coefficient (Wildman–Crippen LogP) is 3.28. The van der Waals surface area contributed by atoms with Gasteiger partial charge in [-0.2, -0.15) is 0 Å². The van der Waals surface area contributed by atoms with Gasteiger partial charge in [0, 0.05) is 10.6 Å². The number of methoxy groups -OCH3 is 2. The first-order valence-corrected chi connectivity index (χ1v) is 7.12. The van der Waals surface area contributed by atoms with E-state index < -0.39 is 11.9 Å². The van der Waals surface area contributed by atoms with Crippen molar-refractivity contribution in [1.29, 1.82) is 0 Å². The number of carbonyl (C=O) groups excluding carboxylic acids is 2. The Balaban J connectivity index is 2.05. The van der Waals surface area contributed by atoms with Gasteiger partial charge in [-0.3, -0.25) is 4.79 Å².